The van der Waals surface area contributed by atoms with Crippen LogP contribution in [0.3, 0.4) is 0 Å². The van der Waals surface area contributed by atoms with E-state index in [1.165, 1.54) is 9.80 Å². The van der Waals surface area contributed by atoms with Crippen molar-refractivity contribution in [2.75, 3.05) is 19.6 Å². The van der Waals surface area contributed by atoms with E-state index in [-0.39, 0.29) is 18.7 Å². The fourth-order valence-electron chi connectivity index (χ4n) is 3.40. The van der Waals surface area contributed by atoms with E-state index >= 15 is 0 Å². The van der Waals surface area contributed by atoms with Crippen molar-refractivity contribution in [2.24, 2.45) is 5.92 Å². The predicted molar refractivity (Wildman–Crippen MR) is 111 cm³/mol. The maximum absolute atomic E-state index is 13.7. The molecule has 0 spiro atoms. The molecule has 1 heterocycles. The monoisotopic (exact) mass is 429 g/mol. The number of piperazine rings is 1. The average Bonchev–Trinajstić information content (AvgIpc) is 2.75. The lowest BCUT2D eigenvalue weighted by Crippen LogP contribution is -2.55. The normalized spacial score (nSPS) is 15.2. The van der Waals surface area contributed by atoms with Crippen LogP contribution < -0.4 is 5.32 Å². The van der Waals surface area contributed by atoms with Crippen molar-refractivity contribution in [1.29, 1.82) is 0 Å². The first-order valence-corrected chi connectivity index (χ1v) is 10.1. The maximum Gasteiger partial charge on any atom is 0.312 e. The summed E-state index contributed by atoms with van der Waals surface area (Å²) >= 11 is 0. The van der Waals surface area contributed by atoms with E-state index < -0.39 is 35.3 Å². The average molecular weight is 429 g/mol. The summed E-state index contributed by atoms with van der Waals surface area (Å²) in [5.41, 5.74) is 2.09. The van der Waals surface area contributed by atoms with Gasteiger partial charge in [0.2, 0.25) is 5.91 Å². The Morgan fingerprint density at radius 2 is 1.68 bits per heavy atom. The van der Waals surface area contributed by atoms with Gasteiger partial charge in [0.25, 0.3) is 0 Å². The van der Waals surface area contributed by atoms with Gasteiger partial charge in [-0.3, -0.25) is 14.4 Å². The molecular weight excluding hydrogens is 404 g/mol. The second-order valence-corrected chi connectivity index (χ2v) is 7.82. The van der Waals surface area contributed by atoms with Crippen LogP contribution in [-0.2, 0) is 27.5 Å². The summed E-state index contributed by atoms with van der Waals surface area (Å²) in [7, 11) is 0. The van der Waals surface area contributed by atoms with Gasteiger partial charge in [-0.2, -0.15) is 0 Å². The highest BCUT2D eigenvalue weighted by Gasteiger charge is 2.33. The van der Waals surface area contributed by atoms with E-state index in [0.717, 1.165) is 29.3 Å². The Hall–Kier alpha value is -3.29. The molecule has 2 aromatic carbocycles. The van der Waals surface area contributed by atoms with E-state index in [4.69, 9.17) is 0 Å². The number of nitrogens with one attached hydrogen (secondary N) is 1. The zero-order valence-corrected chi connectivity index (χ0v) is 17.5. The summed E-state index contributed by atoms with van der Waals surface area (Å²) < 4.78 is 26.9. The summed E-state index contributed by atoms with van der Waals surface area (Å²) in [6.07, 6.45) is 0. The van der Waals surface area contributed by atoms with E-state index in [9.17, 15) is 23.2 Å². The molecule has 31 heavy (non-hydrogen) atoms. The number of carbonyl (C=O) groups is 3. The lowest BCUT2D eigenvalue weighted by molar-refractivity contribution is -0.157. The smallest absolute Gasteiger partial charge is 0.312 e. The second-order valence-electron chi connectivity index (χ2n) is 7.82. The highest BCUT2D eigenvalue weighted by Crippen LogP contribution is 2.14. The van der Waals surface area contributed by atoms with Crippen molar-refractivity contribution in [3.63, 3.8) is 0 Å². The van der Waals surface area contributed by atoms with Gasteiger partial charge in [-0.25, -0.2) is 8.78 Å². The molecule has 1 atom stereocenters. The second kappa shape index (κ2) is 9.68. The standard InChI is InChI=1S/C23H25F2N3O3/c1-15-3-5-17(6-4-15)14-28-10-9-27(22(30)23(28)31)13-16(2)21(29)26-12-18-11-19(24)7-8-20(18)25/h3-8,11,16H,9-10,12-14H2,1-2H3,(H,26,29)/t16-/m1/s1. The molecule has 1 saturated heterocycles. The molecule has 0 saturated carbocycles. The Kier molecular flexibility index (Phi) is 6.99. The van der Waals surface area contributed by atoms with Crippen LogP contribution in [0.1, 0.15) is 23.6 Å². The SMILES string of the molecule is Cc1ccc(CN2CCN(C[C@@H](C)C(=O)NCc3cc(F)ccc3F)C(=O)C2=O)cc1. The minimum Gasteiger partial charge on any atom is -0.352 e. The molecule has 164 valence electrons. The van der Waals surface area contributed by atoms with E-state index in [2.05, 4.69) is 5.32 Å². The molecule has 1 aliphatic rings. The van der Waals surface area contributed by atoms with Crippen LogP contribution in [0.25, 0.3) is 0 Å². The van der Waals surface area contributed by atoms with Crippen LogP contribution in [0.15, 0.2) is 42.5 Å². The maximum atomic E-state index is 13.7. The van der Waals surface area contributed by atoms with Crippen molar-refractivity contribution < 1.29 is 23.2 Å². The van der Waals surface area contributed by atoms with Gasteiger partial charge in [0.05, 0.1) is 5.92 Å². The molecule has 0 bridgehead atoms. The third kappa shape index (κ3) is 5.65. The Morgan fingerprint density at radius 1 is 1.03 bits per heavy atom. The molecule has 0 aromatic heterocycles. The fourth-order valence-corrected chi connectivity index (χ4v) is 3.40. The predicted octanol–water partition coefficient (Wildman–Crippen LogP) is 2.40. The Bertz CT molecular complexity index is 979. The number of amides is 3. The van der Waals surface area contributed by atoms with Crippen LogP contribution in [0, 0.1) is 24.5 Å². The van der Waals surface area contributed by atoms with Crippen molar-refractivity contribution >= 4 is 17.7 Å². The number of rotatable bonds is 7. The number of carbonyl (C=O) groups excluding carboxylic acids is 3. The molecule has 8 heteroatoms. The first-order valence-electron chi connectivity index (χ1n) is 10.1. The fraction of sp³-hybridized carbons (Fsp3) is 0.348. The van der Waals surface area contributed by atoms with Gasteiger partial charge in [-0.1, -0.05) is 36.8 Å². The molecule has 3 amide bonds. The van der Waals surface area contributed by atoms with Crippen LogP contribution in [0.2, 0.25) is 0 Å². The molecule has 3 rings (SSSR count). The molecule has 6 nitrogen and oxygen atoms in total. The third-order valence-corrected chi connectivity index (χ3v) is 5.29. The number of hydrogen-bond acceptors (Lipinski definition) is 3. The molecule has 2 aromatic rings. The van der Waals surface area contributed by atoms with Gasteiger partial charge >= 0.3 is 11.8 Å². The quantitative estimate of drug-likeness (QED) is 0.688. The van der Waals surface area contributed by atoms with Crippen molar-refractivity contribution in [3.8, 4) is 0 Å². The minimum atomic E-state index is -0.644. The highest BCUT2D eigenvalue weighted by molar-refractivity contribution is 6.35. The summed E-state index contributed by atoms with van der Waals surface area (Å²) in [6.45, 7) is 4.56. The topological polar surface area (TPSA) is 69.7 Å². The zero-order valence-electron chi connectivity index (χ0n) is 17.5. The molecule has 1 fully saturated rings. The summed E-state index contributed by atoms with van der Waals surface area (Å²) in [5, 5.41) is 2.55. The van der Waals surface area contributed by atoms with Crippen molar-refractivity contribution in [2.45, 2.75) is 26.9 Å². The number of benzene rings is 2. The first-order chi connectivity index (χ1) is 14.7. The van der Waals surface area contributed by atoms with Crippen LogP contribution in [-0.4, -0.2) is 47.2 Å². The van der Waals surface area contributed by atoms with E-state index in [1.807, 2.05) is 31.2 Å². The lowest BCUT2D eigenvalue weighted by Gasteiger charge is -2.34. The molecule has 1 aliphatic heterocycles. The number of aryl methyl sites for hydroxylation is 1. The Balaban J connectivity index is 1.52. The summed E-state index contributed by atoms with van der Waals surface area (Å²) in [4.78, 5) is 40.2. The third-order valence-electron chi connectivity index (χ3n) is 5.29. The number of halogens is 2. The molecule has 0 aliphatic carbocycles. The largest absolute Gasteiger partial charge is 0.352 e. The van der Waals surface area contributed by atoms with E-state index in [1.54, 1.807) is 6.92 Å². The zero-order chi connectivity index (χ0) is 22.5. The van der Waals surface area contributed by atoms with Crippen LogP contribution in [0.5, 0.6) is 0 Å². The van der Waals surface area contributed by atoms with Crippen LogP contribution in [0.4, 0.5) is 8.78 Å². The van der Waals surface area contributed by atoms with E-state index in [0.29, 0.717) is 19.6 Å². The van der Waals surface area contributed by atoms with Gasteiger partial charge in [-0.05, 0) is 30.7 Å². The minimum absolute atomic E-state index is 0.0384. The van der Waals surface area contributed by atoms with Crippen molar-refractivity contribution in [1.82, 2.24) is 15.1 Å². The van der Waals surface area contributed by atoms with Gasteiger partial charge < -0.3 is 15.1 Å². The van der Waals surface area contributed by atoms with Gasteiger partial charge in [0, 0.05) is 38.3 Å². The number of nitrogens with zero attached hydrogens (tertiary/aromatic N) is 2. The van der Waals surface area contributed by atoms with Crippen molar-refractivity contribution in [3.05, 3.63) is 70.8 Å². The summed E-state index contributed by atoms with van der Waals surface area (Å²) in [6, 6.07) is 10.8. The Morgan fingerprint density at radius 3 is 2.39 bits per heavy atom. The molecule has 0 unspecified atom stereocenters. The van der Waals surface area contributed by atoms with Gasteiger partial charge in [0.15, 0.2) is 0 Å². The molecule has 0 radical (unpaired) electrons. The molecule has 1 N–H and O–H groups in total. The van der Waals surface area contributed by atoms with Gasteiger partial charge in [-0.15, -0.1) is 0 Å². The molecular formula is C23H25F2N3O3. The summed E-state index contributed by atoms with van der Waals surface area (Å²) in [5.74, 6) is -3.47. The number of hydrogen-bond donors (Lipinski definition) is 1. The lowest BCUT2D eigenvalue weighted by atomic mass is 10.1. The van der Waals surface area contributed by atoms with Crippen LogP contribution >= 0.6 is 0 Å². The highest BCUT2D eigenvalue weighted by atomic mass is 19.1. The van der Waals surface area contributed by atoms with Gasteiger partial charge in [0.1, 0.15) is 11.6 Å². The first kappa shape index (κ1) is 22.4. The Labute approximate surface area is 179 Å².